The fraction of sp³-hybridized carbons (Fsp3) is 0.238. The van der Waals surface area contributed by atoms with Gasteiger partial charge in [-0.2, -0.15) is 0 Å². The van der Waals surface area contributed by atoms with E-state index in [1.165, 1.54) is 0 Å². The van der Waals surface area contributed by atoms with Crippen molar-refractivity contribution >= 4 is 5.91 Å². The van der Waals surface area contributed by atoms with Gasteiger partial charge >= 0.3 is 0 Å². The molecule has 3 N–H and O–H groups in total. The monoisotopic (exact) mass is 363 g/mol. The summed E-state index contributed by atoms with van der Waals surface area (Å²) in [6, 6.07) is 16.9. The van der Waals surface area contributed by atoms with Crippen molar-refractivity contribution < 1.29 is 13.9 Å². The quantitative estimate of drug-likeness (QED) is 0.721. The van der Waals surface area contributed by atoms with E-state index < -0.39 is 5.91 Å². The third-order valence-electron chi connectivity index (χ3n) is 4.66. The summed E-state index contributed by atoms with van der Waals surface area (Å²) < 4.78 is 11.6. The van der Waals surface area contributed by atoms with Crippen molar-refractivity contribution in [3.05, 3.63) is 66.2 Å². The van der Waals surface area contributed by atoms with Gasteiger partial charge in [0, 0.05) is 11.5 Å². The van der Waals surface area contributed by atoms with E-state index >= 15 is 0 Å². The minimum Gasteiger partial charge on any atom is -0.457 e. The zero-order chi connectivity index (χ0) is 18.6. The Balaban J connectivity index is 1.60. The van der Waals surface area contributed by atoms with Gasteiger partial charge in [-0.3, -0.25) is 4.79 Å². The van der Waals surface area contributed by atoms with Gasteiger partial charge in [0.15, 0.2) is 5.89 Å². The predicted molar refractivity (Wildman–Crippen MR) is 102 cm³/mol. The summed E-state index contributed by atoms with van der Waals surface area (Å²) in [5.41, 5.74) is 6.78. The van der Waals surface area contributed by atoms with Gasteiger partial charge < -0.3 is 20.2 Å². The second-order valence-corrected chi connectivity index (χ2v) is 6.56. The molecule has 0 spiro atoms. The summed E-state index contributed by atoms with van der Waals surface area (Å²) in [6.45, 7) is 1.83. The molecule has 0 bridgehead atoms. The van der Waals surface area contributed by atoms with Crippen molar-refractivity contribution in [3.63, 3.8) is 0 Å². The molecule has 6 nitrogen and oxygen atoms in total. The van der Waals surface area contributed by atoms with Crippen LogP contribution >= 0.6 is 0 Å². The smallest absolute Gasteiger partial charge is 0.286 e. The molecule has 138 valence electrons. The molecule has 1 aliphatic rings. The molecule has 0 unspecified atom stereocenters. The van der Waals surface area contributed by atoms with Crippen LogP contribution in [-0.2, 0) is 0 Å². The summed E-state index contributed by atoms with van der Waals surface area (Å²) in [6.07, 6.45) is 1.87. The molecule has 6 heteroatoms. The first-order valence-corrected chi connectivity index (χ1v) is 9.05. The molecule has 1 aliphatic heterocycles. The Morgan fingerprint density at radius 3 is 2.37 bits per heavy atom. The summed E-state index contributed by atoms with van der Waals surface area (Å²) in [4.78, 5) is 16.5. The number of hydrogen-bond acceptors (Lipinski definition) is 5. The van der Waals surface area contributed by atoms with Crippen LogP contribution in [0.3, 0.4) is 0 Å². The zero-order valence-corrected chi connectivity index (χ0v) is 14.9. The van der Waals surface area contributed by atoms with E-state index in [0.717, 1.165) is 37.2 Å². The zero-order valence-electron chi connectivity index (χ0n) is 14.9. The molecule has 1 aromatic heterocycles. The highest BCUT2D eigenvalue weighted by Gasteiger charge is 2.25. The molecule has 27 heavy (non-hydrogen) atoms. The lowest BCUT2D eigenvalue weighted by Gasteiger charge is -2.19. The lowest BCUT2D eigenvalue weighted by molar-refractivity contribution is 0.0972. The van der Waals surface area contributed by atoms with Gasteiger partial charge in [-0.05, 0) is 62.3 Å². The van der Waals surface area contributed by atoms with E-state index in [0.29, 0.717) is 17.3 Å². The largest absolute Gasteiger partial charge is 0.457 e. The Labute approximate surface area is 157 Å². The molecule has 0 aliphatic carbocycles. The maximum Gasteiger partial charge on any atom is 0.286 e. The molecule has 0 atom stereocenters. The van der Waals surface area contributed by atoms with Crippen molar-refractivity contribution in [2.75, 3.05) is 13.1 Å². The van der Waals surface area contributed by atoms with Gasteiger partial charge in [0.2, 0.25) is 5.76 Å². The van der Waals surface area contributed by atoms with E-state index in [1.54, 1.807) is 0 Å². The Bertz CT molecular complexity index is 914. The van der Waals surface area contributed by atoms with Crippen LogP contribution in [0.15, 0.2) is 59.0 Å². The van der Waals surface area contributed by atoms with Crippen LogP contribution in [0.25, 0.3) is 11.3 Å². The maximum atomic E-state index is 11.9. The molecule has 4 rings (SSSR count). The average Bonchev–Trinajstić information content (AvgIpc) is 3.16. The second kappa shape index (κ2) is 7.63. The highest BCUT2D eigenvalue weighted by atomic mass is 16.5. The number of nitrogens with one attached hydrogen (secondary N) is 1. The average molecular weight is 363 g/mol. The molecule has 1 saturated heterocycles. The van der Waals surface area contributed by atoms with Crippen LogP contribution in [0, 0.1) is 0 Å². The van der Waals surface area contributed by atoms with E-state index in [-0.39, 0.29) is 11.7 Å². The Morgan fingerprint density at radius 1 is 1.04 bits per heavy atom. The number of primary amides is 1. The first-order chi connectivity index (χ1) is 13.2. The topological polar surface area (TPSA) is 90.4 Å². The highest BCUT2D eigenvalue weighted by Crippen LogP contribution is 2.32. The molecular weight excluding hydrogens is 342 g/mol. The summed E-state index contributed by atoms with van der Waals surface area (Å²) >= 11 is 0. The van der Waals surface area contributed by atoms with Gasteiger partial charge in [0.25, 0.3) is 5.91 Å². The summed E-state index contributed by atoms with van der Waals surface area (Å²) in [5.74, 6) is 1.76. The van der Waals surface area contributed by atoms with E-state index in [1.807, 2.05) is 54.6 Å². The second-order valence-electron chi connectivity index (χ2n) is 6.56. The molecular formula is C21H21N3O3. The highest BCUT2D eigenvalue weighted by molar-refractivity contribution is 5.96. The number of amides is 1. The van der Waals surface area contributed by atoms with Crippen molar-refractivity contribution in [2.24, 2.45) is 5.73 Å². The fourth-order valence-corrected chi connectivity index (χ4v) is 3.25. The summed E-state index contributed by atoms with van der Waals surface area (Å²) in [5, 5.41) is 3.31. The van der Waals surface area contributed by atoms with E-state index in [2.05, 4.69) is 10.3 Å². The van der Waals surface area contributed by atoms with Crippen LogP contribution < -0.4 is 15.8 Å². The van der Waals surface area contributed by atoms with Gasteiger partial charge in [0.05, 0.1) is 0 Å². The number of carbonyl (C=O) groups is 1. The van der Waals surface area contributed by atoms with Crippen LogP contribution in [0.2, 0.25) is 0 Å². The van der Waals surface area contributed by atoms with E-state index in [4.69, 9.17) is 14.9 Å². The number of para-hydroxylation sites is 1. The third-order valence-corrected chi connectivity index (χ3v) is 4.66. The molecule has 2 heterocycles. The lowest BCUT2D eigenvalue weighted by Crippen LogP contribution is -2.26. The number of nitrogens with two attached hydrogens (primary N) is 1. The predicted octanol–water partition coefficient (Wildman–Crippen LogP) is 3.70. The number of aromatic nitrogens is 1. The Kier molecular flexibility index (Phi) is 4.89. The van der Waals surface area contributed by atoms with Crippen LogP contribution in [-0.4, -0.2) is 24.0 Å². The number of hydrogen-bond donors (Lipinski definition) is 2. The number of piperidine rings is 1. The fourth-order valence-electron chi connectivity index (χ4n) is 3.25. The first-order valence-electron chi connectivity index (χ1n) is 9.05. The number of rotatable bonds is 5. The minimum absolute atomic E-state index is 0.111. The maximum absolute atomic E-state index is 11.9. The molecule has 3 aromatic rings. The van der Waals surface area contributed by atoms with Crippen molar-refractivity contribution in [1.29, 1.82) is 0 Å². The SMILES string of the molecule is NC(=O)c1oc(C2CCNCC2)nc1-c1ccc(Oc2ccccc2)cc1. The number of nitrogens with zero attached hydrogens (tertiary/aromatic N) is 1. The number of carbonyl (C=O) groups excluding carboxylic acids is 1. The Morgan fingerprint density at radius 2 is 1.70 bits per heavy atom. The number of benzene rings is 2. The Hall–Kier alpha value is -3.12. The van der Waals surface area contributed by atoms with Crippen LogP contribution in [0.5, 0.6) is 11.5 Å². The number of oxazole rings is 1. The third kappa shape index (κ3) is 3.85. The minimum atomic E-state index is -0.609. The normalized spacial score (nSPS) is 14.8. The molecule has 0 radical (unpaired) electrons. The lowest BCUT2D eigenvalue weighted by atomic mass is 9.98. The molecule has 0 saturated carbocycles. The van der Waals surface area contributed by atoms with Gasteiger partial charge in [0.1, 0.15) is 17.2 Å². The van der Waals surface area contributed by atoms with Gasteiger partial charge in [-0.1, -0.05) is 18.2 Å². The number of ether oxygens (including phenoxy) is 1. The van der Waals surface area contributed by atoms with Crippen LogP contribution in [0.4, 0.5) is 0 Å². The van der Waals surface area contributed by atoms with E-state index in [9.17, 15) is 4.79 Å². The van der Waals surface area contributed by atoms with Gasteiger partial charge in [-0.25, -0.2) is 4.98 Å². The molecule has 2 aromatic carbocycles. The van der Waals surface area contributed by atoms with Crippen molar-refractivity contribution in [3.8, 4) is 22.8 Å². The standard InChI is InChI=1S/C21H21N3O3/c22-20(25)19-18(24-21(27-19)15-10-12-23-13-11-15)14-6-8-17(9-7-14)26-16-4-2-1-3-5-16/h1-9,15,23H,10-13H2,(H2,22,25). The van der Waals surface area contributed by atoms with Crippen LogP contribution in [0.1, 0.15) is 35.2 Å². The summed E-state index contributed by atoms with van der Waals surface area (Å²) in [7, 11) is 0. The van der Waals surface area contributed by atoms with Crippen molar-refractivity contribution in [2.45, 2.75) is 18.8 Å². The van der Waals surface area contributed by atoms with Gasteiger partial charge in [-0.15, -0.1) is 0 Å². The first kappa shape index (κ1) is 17.3. The molecule has 1 amide bonds. The molecule has 1 fully saturated rings. The van der Waals surface area contributed by atoms with Crippen molar-refractivity contribution in [1.82, 2.24) is 10.3 Å².